The number of thiocarbonyl (C=S) groups is 1. The van der Waals surface area contributed by atoms with Gasteiger partial charge in [0.2, 0.25) is 0 Å². The maximum atomic E-state index is 11.1. The van der Waals surface area contributed by atoms with Gasteiger partial charge in [0.25, 0.3) is 5.91 Å². The van der Waals surface area contributed by atoms with E-state index in [4.69, 9.17) is 12.2 Å². The Morgan fingerprint density at radius 1 is 1.69 bits per heavy atom. The Morgan fingerprint density at radius 3 is 2.69 bits per heavy atom. The van der Waals surface area contributed by atoms with Crippen LogP contribution in [0.1, 0.15) is 0 Å². The molecule has 0 saturated carbocycles. The number of hydrogen-bond donors (Lipinski definition) is 1. The molecule has 0 spiro atoms. The predicted octanol–water partition coefficient (Wildman–Crippen LogP) is 0.0329. The van der Waals surface area contributed by atoms with Crippen molar-refractivity contribution >= 4 is 40.2 Å². The van der Waals surface area contributed by atoms with Crippen LogP contribution in [0, 0.1) is 0 Å². The number of thioether (sulfide) groups is 1. The zero-order valence-corrected chi connectivity index (χ0v) is 8.87. The molecule has 0 aromatic heterocycles. The topological polar surface area (TPSA) is 52.7 Å². The molecule has 1 aliphatic rings. The van der Waals surface area contributed by atoms with Gasteiger partial charge < -0.3 is 4.90 Å². The van der Waals surface area contributed by atoms with Crippen LogP contribution in [-0.2, 0) is 4.79 Å². The van der Waals surface area contributed by atoms with Gasteiger partial charge in [-0.1, -0.05) is 24.0 Å². The third kappa shape index (κ3) is 2.31. The lowest BCUT2D eigenvalue weighted by molar-refractivity contribution is -0.125. The highest BCUT2D eigenvalue weighted by molar-refractivity contribution is 8.23. The van der Waals surface area contributed by atoms with E-state index in [0.29, 0.717) is 10.1 Å². The van der Waals surface area contributed by atoms with Gasteiger partial charge in [-0.25, -0.2) is 15.2 Å². The number of amides is 3. The Hall–Kier alpha value is -0.820. The summed E-state index contributed by atoms with van der Waals surface area (Å²) < 4.78 is 0.389. The molecule has 7 heteroatoms. The highest BCUT2D eigenvalue weighted by atomic mass is 32.2. The van der Waals surface area contributed by atoms with Crippen LogP contribution < -0.4 is 5.43 Å². The number of rotatable bonds is 1. The Morgan fingerprint density at radius 2 is 2.31 bits per heavy atom. The first kappa shape index (κ1) is 10.3. The second kappa shape index (κ2) is 3.93. The molecule has 5 nitrogen and oxygen atoms in total. The minimum atomic E-state index is -0.363. The number of nitrogens with one attached hydrogen (secondary N) is 1. The van der Waals surface area contributed by atoms with Crippen LogP contribution in [-0.4, -0.2) is 46.0 Å². The molecule has 72 valence electrons. The number of carbonyl (C=O) groups excluding carboxylic acids is 2. The summed E-state index contributed by atoms with van der Waals surface area (Å²) in [7, 11) is 3.18. The van der Waals surface area contributed by atoms with Gasteiger partial charge in [-0.3, -0.25) is 4.79 Å². The molecule has 1 fully saturated rings. The lowest BCUT2D eigenvalue weighted by Gasteiger charge is -2.19. The molecule has 0 aromatic carbocycles. The summed E-state index contributed by atoms with van der Waals surface area (Å²) in [5.41, 5.74) is 2.39. The number of hydrogen-bond acceptors (Lipinski definition) is 4. The zero-order valence-electron chi connectivity index (χ0n) is 7.23. The minimum absolute atomic E-state index is 0.190. The first-order valence-corrected chi connectivity index (χ1v) is 4.89. The van der Waals surface area contributed by atoms with Crippen LogP contribution in [0.5, 0.6) is 0 Å². The van der Waals surface area contributed by atoms with E-state index in [9.17, 15) is 9.59 Å². The molecule has 1 heterocycles. The molecule has 0 aromatic rings. The van der Waals surface area contributed by atoms with Gasteiger partial charge in [-0.2, -0.15) is 0 Å². The van der Waals surface area contributed by atoms with E-state index in [1.807, 2.05) is 0 Å². The van der Waals surface area contributed by atoms with E-state index >= 15 is 0 Å². The van der Waals surface area contributed by atoms with E-state index in [2.05, 4.69) is 5.43 Å². The molecule has 3 amide bonds. The first-order valence-electron chi connectivity index (χ1n) is 3.50. The van der Waals surface area contributed by atoms with Crippen molar-refractivity contribution in [3.05, 3.63) is 0 Å². The maximum absolute atomic E-state index is 11.1. The summed E-state index contributed by atoms with van der Waals surface area (Å²) >= 11 is 6.10. The van der Waals surface area contributed by atoms with Crippen molar-refractivity contribution in [2.75, 3.05) is 19.8 Å². The fourth-order valence-corrected chi connectivity index (χ4v) is 1.63. The molecule has 0 atom stereocenters. The fraction of sp³-hybridized carbons (Fsp3) is 0.500. The second-order valence-corrected chi connectivity index (χ2v) is 4.20. The van der Waals surface area contributed by atoms with Gasteiger partial charge in [0.15, 0.2) is 4.32 Å². The van der Waals surface area contributed by atoms with Crippen molar-refractivity contribution in [1.82, 2.24) is 15.3 Å². The average molecular weight is 219 g/mol. The largest absolute Gasteiger partial charge is 0.336 e. The molecule has 1 rings (SSSR count). The van der Waals surface area contributed by atoms with Gasteiger partial charge in [0.05, 0.1) is 5.75 Å². The summed E-state index contributed by atoms with van der Waals surface area (Å²) in [4.78, 5) is 23.6. The molecule has 0 aliphatic carbocycles. The van der Waals surface area contributed by atoms with Crippen molar-refractivity contribution in [3.8, 4) is 0 Å². The monoisotopic (exact) mass is 219 g/mol. The number of nitrogens with zero attached hydrogens (tertiary/aromatic N) is 2. The summed E-state index contributed by atoms with van der Waals surface area (Å²) in [6.45, 7) is 0. The number of hydrazine groups is 1. The van der Waals surface area contributed by atoms with E-state index in [1.54, 1.807) is 14.1 Å². The van der Waals surface area contributed by atoms with Crippen LogP contribution in [0.2, 0.25) is 0 Å². The minimum Gasteiger partial charge on any atom is -0.330 e. The first-order chi connectivity index (χ1) is 6.02. The third-order valence-electron chi connectivity index (χ3n) is 1.36. The highest BCUT2D eigenvalue weighted by Crippen LogP contribution is 2.16. The SMILES string of the molecule is CN(C)C(=O)NN1C(=O)CSC1=S. The van der Waals surface area contributed by atoms with E-state index in [-0.39, 0.29) is 11.9 Å². The Labute approximate surface area is 85.4 Å². The molecule has 0 bridgehead atoms. The van der Waals surface area contributed by atoms with Gasteiger partial charge >= 0.3 is 6.03 Å². The lowest BCUT2D eigenvalue weighted by Crippen LogP contribution is -2.48. The van der Waals surface area contributed by atoms with E-state index < -0.39 is 0 Å². The normalized spacial score (nSPS) is 16.3. The number of carbonyl (C=O) groups is 2. The zero-order chi connectivity index (χ0) is 10.0. The molecular formula is C6H9N3O2S2. The average Bonchev–Trinajstić information content (AvgIpc) is 2.35. The Kier molecular flexibility index (Phi) is 3.10. The third-order valence-corrected chi connectivity index (χ3v) is 2.72. The molecule has 1 saturated heterocycles. The van der Waals surface area contributed by atoms with Crippen LogP contribution in [0.15, 0.2) is 0 Å². The molecule has 0 unspecified atom stereocenters. The smallest absolute Gasteiger partial charge is 0.330 e. The molecular weight excluding hydrogens is 210 g/mol. The lowest BCUT2D eigenvalue weighted by atomic mass is 10.7. The van der Waals surface area contributed by atoms with Crippen molar-refractivity contribution < 1.29 is 9.59 Å². The van der Waals surface area contributed by atoms with Crippen molar-refractivity contribution in [1.29, 1.82) is 0 Å². The van der Waals surface area contributed by atoms with Crippen LogP contribution in [0.4, 0.5) is 4.79 Å². The van der Waals surface area contributed by atoms with Crippen molar-refractivity contribution in [2.24, 2.45) is 0 Å². The number of urea groups is 1. The van der Waals surface area contributed by atoms with Crippen molar-refractivity contribution in [3.63, 3.8) is 0 Å². The molecule has 0 radical (unpaired) electrons. The Balaban J connectivity index is 2.58. The Bertz CT molecular complexity index is 251. The van der Waals surface area contributed by atoms with E-state index in [1.165, 1.54) is 16.7 Å². The predicted molar refractivity (Wildman–Crippen MR) is 54.1 cm³/mol. The van der Waals surface area contributed by atoms with Gasteiger partial charge in [-0.05, 0) is 0 Å². The highest BCUT2D eigenvalue weighted by Gasteiger charge is 2.28. The van der Waals surface area contributed by atoms with Crippen molar-refractivity contribution in [2.45, 2.75) is 0 Å². The molecule has 1 aliphatic heterocycles. The van der Waals surface area contributed by atoms with Gasteiger partial charge in [0.1, 0.15) is 0 Å². The summed E-state index contributed by atoms with van der Waals surface area (Å²) in [6, 6.07) is -0.363. The summed E-state index contributed by atoms with van der Waals surface area (Å²) in [5, 5.41) is 1.10. The van der Waals surface area contributed by atoms with Crippen LogP contribution >= 0.6 is 24.0 Å². The maximum Gasteiger partial charge on any atom is 0.336 e. The molecule has 13 heavy (non-hydrogen) atoms. The second-order valence-electron chi connectivity index (χ2n) is 2.60. The van der Waals surface area contributed by atoms with Crippen LogP contribution in [0.3, 0.4) is 0 Å². The van der Waals surface area contributed by atoms with E-state index in [0.717, 1.165) is 5.01 Å². The summed E-state index contributed by atoms with van der Waals surface area (Å²) in [6.07, 6.45) is 0. The fourth-order valence-electron chi connectivity index (χ4n) is 0.658. The van der Waals surface area contributed by atoms with Gasteiger partial charge in [-0.15, -0.1) is 0 Å². The summed E-state index contributed by atoms with van der Waals surface area (Å²) in [5.74, 6) is 0.109. The quantitative estimate of drug-likeness (QED) is 0.632. The standard InChI is InChI=1S/C6H9N3O2S2/c1-8(2)5(11)7-9-4(10)3-13-6(9)12/h3H2,1-2H3,(H,7,11). The molecule has 1 N–H and O–H groups in total. The van der Waals surface area contributed by atoms with Crippen LogP contribution in [0.25, 0.3) is 0 Å². The van der Waals surface area contributed by atoms with Gasteiger partial charge in [0, 0.05) is 14.1 Å².